The zero-order chi connectivity index (χ0) is 25.8. The van der Waals surface area contributed by atoms with Crippen molar-refractivity contribution in [3.05, 3.63) is 119 Å². The lowest BCUT2D eigenvalue weighted by Gasteiger charge is -2.05. The van der Waals surface area contributed by atoms with E-state index in [0.29, 0.717) is 0 Å². The Morgan fingerprint density at radius 1 is 0.590 bits per heavy atom. The molecule has 4 heteroatoms. The van der Waals surface area contributed by atoms with Gasteiger partial charge in [0.15, 0.2) is 0 Å². The summed E-state index contributed by atoms with van der Waals surface area (Å²) < 4.78 is 2.69. The summed E-state index contributed by atoms with van der Waals surface area (Å²) in [6.07, 6.45) is 12.1. The third-order valence-electron chi connectivity index (χ3n) is 7.77. The molecule has 3 aromatic heterocycles. The van der Waals surface area contributed by atoms with Gasteiger partial charge in [0.1, 0.15) is 0 Å². The molecule has 0 spiro atoms. The number of rotatable bonds is 2. The van der Waals surface area contributed by atoms with E-state index in [2.05, 4.69) is 114 Å². The molecule has 1 aliphatic carbocycles. The van der Waals surface area contributed by atoms with E-state index < -0.39 is 0 Å². The van der Waals surface area contributed by atoms with Crippen molar-refractivity contribution < 1.29 is 0 Å². The van der Waals surface area contributed by atoms with Gasteiger partial charge in [0.25, 0.3) is 0 Å². The van der Waals surface area contributed by atoms with Gasteiger partial charge in [0.2, 0.25) is 0 Å². The molecule has 0 amide bonds. The first-order chi connectivity index (χ1) is 19.3. The Balaban J connectivity index is 1.54. The molecule has 5 aromatic rings. The van der Waals surface area contributed by atoms with E-state index in [0.717, 1.165) is 68.9 Å². The lowest BCUT2D eigenvalue weighted by Crippen LogP contribution is -1.89. The fraction of sp³-hybridized carbons (Fsp3) is 0.0857. The molecule has 5 heterocycles. The van der Waals surface area contributed by atoms with Crippen molar-refractivity contribution in [1.29, 1.82) is 0 Å². The molecule has 2 aliphatic heterocycles. The monoisotopic (exact) mass is 519 g/mol. The Labute approximate surface area is 230 Å². The standard InChI is InChI=1S/C35H25N3S/c1-3-8-22(9-4-1)34-28-16-14-24(36-28)20-32-26-12-7-13-27(26)33(39-32)21-25-15-17-29(37-25)35(23-10-5-2-6-11-23)31-19-18-30(34)38-31/h1-6,8-11,14-21,36H,7,12-13H2. The zero-order valence-electron chi connectivity index (χ0n) is 21.3. The molecule has 3 aliphatic rings. The maximum atomic E-state index is 5.23. The first kappa shape index (κ1) is 22.4. The van der Waals surface area contributed by atoms with Crippen molar-refractivity contribution in [2.45, 2.75) is 19.3 Å². The minimum atomic E-state index is 0.930. The van der Waals surface area contributed by atoms with E-state index in [1.807, 2.05) is 11.3 Å². The third kappa shape index (κ3) is 3.87. The molecule has 8 bridgehead atoms. The summed E-state index contributed by atoms with van der Waals surface area (Å²) >= 11 is 1.89. The molecule has 8 rings (SSSR count). The number of aromatic nitrogens is 3. The highest BCUT2D eigenvalue weighted by atomic mass is 32.1. The summed E-state index contributed by atoms with van der Waals surface area (Å²) in [5.74, 6) is 0. The van der Waals surface area contributed by atoms with Crippen LogP contribution >= 0.6 is 11.3 Å². The minimum absolute atomic E-state index is 0.930. The van der Waals surface area contributed by atoms with Crippen LogP contribution in [0.5, 0.6) is 0 Å². The molecule has 3 nitrogen and oxygen atoms in total. The Morgan fingerprint density at radius 3 is 1.95 bits per heavy atom. The highest BCUT2D eigenvalue weighted by molar-refractivity contribution is 7.24. The Kier molecular flexibility index (Phi) is 5.20. The lowest BCUT2D eigenvalue weighted by atomic mass is 10.0. The van der Waals surface area contributed by atoms with Gasteiger partial charge < -0.3 is 4.98 Å². The molecule has 1 N–H and O–H groups in total. The van der Waals surface area contributed by atoms with Crippen LogP contribution in [0.1, 0.15) is 40.3 Å². The van der Waals surface area contributed by atoms with Crippen LogP contribution in [0.4, 0.5) is 0 Å². The number of thiophene rings is 1. The van der Waals surface area contributed by atoms with Crippen molar-refractivity contribution in [3.63, 3.8) is 0 Å². The molecule has 0 fully saturated rings. The zero-order valence-corrected chi connectivity index (χ0v) is 22.1. The highest BCUT2D eigenvalue weighted by Gasteiger charge is 2.19. The fourth-order valence-corrected chi connectivity index (χ4v) is 7.30. The Bertz CT molecular complexity index is 1980. The maximum Gasteiger partial charge on any atom is 0.0738 e. The van der Waals surface area contributed by atoms with Crippen molar-refractivity contribution >= 4 is 56.1 Å². The molecular weight excluding hydrogens is 494 g/mol. The number of nitrogens with one attached hydrogen (secondary N) is 1. The SMILES string of the molecule is C1=Cc2nc1cc1sc(cc3ccc([nH]3)c(-c3ccccc3)c3nc(c2-c2ccccc2)C=C3)c2c1CCC2. The minimum Gasteiger partial charge on any atom is -0.355 e. The quantitative estimate of drug-likeness (QED) is 0.247. The maximum absolute atomic E-state index is 5.23. The van der Waals surface area contributed by atoms with Crippen LogP contribution in [0.25, 0.3) is 67.0 Å². The summed E-state index contributed by atoms with van der Waals surface area (Å²) in [5.41, 5.74) is 13.4. The summed E-state index contributed by atoms with van der Waals surface area (Å²) in [6.45, 7) is 0. The fourth-order valence-electron chi connectivity index (χ4n) is 6.00. The summed E-state index contributed by atoms with van der Waals surface area (Å²) in [5, 5.41) is 0. The second-order valence-electron chi connectivity index (χ2n) is 10.2. The van der Waals surface area contributed by atoms with Gasteiger partial charge >= 0.3 is 0 Å². The van der Waals surface area contributed by atoms with Crippen molar-refractivity contribution in [2.75, 3.05) is 0 Å². The van der Waals surface area contributed by atoms with Crippen LogP contribution in [0.15, 0.2) is 84.9 Å². The summed E-state index contributed by atoms with van der Waals surface area (Å²) in [6, 6.07) is 30.0. The summed E-state index contributed by atoms with van der Waals surface area (Å²) in [7, 11) is 0. The molecule has 0 unspecified atom stereocenters. The van der Waals surface area contributed by atoms with Crippen LogP contribution < -0.4 is 0 Å². The third-order valence-corrected chi connectivity index (χ3v) is 8.94. The molecule has 0 radical (unpaired) electrons. The first-order valence-electron chi connectivity index (χ1n) is 13.5. The normalized spacial score (nSPS) is 13.6. The van der Waals surface area contributed by atoms with Crippen molar-refractivity contribution in [1.82, 2.24) is 15.0 Å². The Hall–Kier alpha value is -4.54. The van der Waals surface area contributed by atoms with Crippen LogP contribution in [-0.4, -0.2) is 15.0 Å². The number of aryl methyl sites for hydroxylation is 2. The van der Waals surface area contributed by atoms with Gasteiger partial charge in [-0.15, -0.1) is 11.3 Å². The average Bonchev–Trinajstić information content (AvgIpc) is 3.79. The van der Waals surface area contributed by atoms with Gasteiger partial charge in [-0.3, -0.25) is 0 Å². The predicted octanol–water partition coefficient (Wildman–Crippen LogP) is 9.21. The van der Waals surface area contributed by atoms with E-state index in [-0.39, 0.29) is 0 Å². The number of H-pyrrole nitrogens is 1. The van der Waals surface area contributed by atoms with Gasteiger partial charge in [0, 0.05) is 31.6 Å². The van der Waals surface area contributed by atoms with Gasteiger partial charge in [-0.05, 0) is 90.1 Å². The van der Waals surface area contributed by atoms with E-state index in [9.17, 15) is 0 Å². The second-order valence-corrected chi connectivity index (χ2v) is 11.3. The number of hydrogen-bond acceptors (Lipinski definition) is 3. The largest absolute Gasteiger partial charge is 0.355 e. The Morgan fingerprint density at radius 2 is 1.21 bits per heavy atom. The first-order valence-corrected chi connectivity index (χ1v) is 14.3. The summed E-state index contributed by atoms with van der Waals surface area (Å²) in [4.78, 5) is 14.1. The van der Waals surface area contributed by atoms with Crippen LogP contribution in [-0.2, 0) is 12.8 Å². The molecule has 0 saturated heterocycles. The molecule has 2 aromatic carbocycles. The van der Waals surface area contributed by atoms with Gasteiger partial charge in [-0.2, -0.15) is 0 Å². The van der Waals surface area contributed by atoms with Crippen molar-refractivity contribution in [3.8, 4) is 22.3 Å². The van der Waals surface area contributed by atoms with Gasteiger partial charge in [0.05, 0.1) is 22.8 Å². The van der Waals surface area contributed by atoms with Crippen LogP contribution in [0, 0.1) is 0 Å². The number of hydrogen-bond donors (Lipinski definition) is 1. The average molecular weight is 520 g/mol. The molecule has 0 saturated carbocycles. The van der Waals surface area contributed by atoms with Crippen LogP contribution in [0.2, 0.25) is 0 Å². The second kappa shape index (κ2) is 9.04. The van der Waals surface area contributed by atoms with Gasteiger partial charge in [-0.25, -0.2) is 9.97 Å². The van der Waals surface area contributed by atoms with Gasteiger partial charge in [-0.1, -0.05) is 60.7 Å². The topological polar surface area (TPSA) is 41.6 Å². The number of nitrogens with zero attached hydrogens (tertiary/aromatic N) is 2. The molecule has 186 valence electrons. The van der Waals surface area contributed by atoms with Crippen LogP contribution in [0.3, 0.4) is 0 Å². The number of fused-ring (bicyclic) bond motifs is 11. The van der Waals surface area contributed by atoms with E-state index in [1.54, 1.807) is 0 Å². The molecule has 39 heavy (non-hydrogen) atoms. The smallest absolute Gasteiger partial charge is 0.0738 e. The highest BCUT2D eigenvalue weighted by Crippen LogP contribution is 2.39. The van der Waals surface area contributed by atoms with E-state index >= 15 is 0 Å². The number of benzene rings is 2. The number of aromatic amines is 1. The van der Waals surface area contributed by atoms with E-state index in [4.69, 9.17) is 9.97 Å². The van der Waals surface area contributed by atoms with E-state index in [1.165, 1.54) is 26.9 Å². The molecular formula is C35H25N3S. The predicted molar refractivity (Wildman–Crippen MR) is 165 cm³/mol. The van der Waals surface area contributed by atoms with Crippen molar-refractivity contribution in [2.24, 2.45) is 0 Å². The lowest BCUT2D eigenvalue weighted by molar-refractivity contribution is 0.915. The molecule has 0 atom stereocenters.